The summed E-state index contributed by atoms with van der Waals surface area (Å²) in [5.41, 5.74) is 0.702. The maximum absolute atomic E-state index is 13.5. The van der Waals surface area contributed by atoms with Gasteiger partial charge in [0.15, 0.2) is 0 Å². The predicted molar refractivity (Wildman–Crippen MR) is 127 cm³/mol. The highest BCUT2D eigenvalue weighted by Crippen LogP contribution is 2.43. The number of rotatable bonds is 10. The van der Waals surface area contributed by atoms with E-state index in [9.17, 15) is 19.1 Å². The Labute approximate surface area is 199 Å². The summed E-state index contributed by atoms with van der Waals surface area (Å²) < 4.78 is 24.4. The van der Waals surface area contributed by atoms with Crippen LogP contribution in [0.2, 0.25) is 0 Å². The standard InChI is InChI=1S/C26H31FN2O5/c1-5-28(6-2)14-7-15-29-23(20-16-19(33-3)12-13-21(20)34-4)22(25(31)26(29)32)24(30)17-8-10-18(27)11-9-17/h8-13,16,23,30H,5-7,14-15H2,1-4H3/t23-/m1/s1. The van der Waals surface area contributed by atoms with Crippen molar-refractivity contribution < 1.29 is 28.6 Å². The highest BCUT2D eigenvalue weighted by Gasteiger charge is 2.47. The zero-order chi connectivity index (χ0) is 24.8. The third-order valence-electron chi connectivity index (χ3n) is 6.16. The van der Waals surface area contributed by atoms with Gasteiger partial charge in [-0.05, 0) is 68.5 Å². The number of nitrogens with zero attached hydrogens (tertiary/aromatic N) is 2. The molecule has 2 aromatic carbocycles. The zero-order valence-electron chi connectivity index (χ0n) is 20.0. The van der Waals surface area contributed by atoms with Crippen molar-refractivity contribution in [2.75, 3.05) is 40.4 Å². The average Bonchev–Trinajstić information content (AvgIpc) is 3.11. The molecule has 1 aliphatic heterocycles. The minimum Gasteiger partial charge on any atom is -0.507 e. The first kappa shape index (κ1) is 25.2. The van der Waals surface area contributed by atoms with E-state index in [2.05, 4.69) is 18.7 Å². The fourth-order valence-corrected chi connectivity index (χ4v) is 4.25. The van der Waals surface area contributed by atoms with E-state index in [0.717, 1.165) is 19.6 Å². The van der Waals surface area contributed by atoms with E-state index in [-0.39, 0.29) is 16.9 Å². The highest BCUT2D eigenvalue weighted by atomic mass is 19.1. The molecule has 1 amide bonds. The monoisotopic (exact) mass is 470 g/mol. The molecule has 1 N–H and O–H groups in total. The smallest absolute Gasteiger partial charge is 0.295 e. The summed E-state index contributed by atoms with van der Waals surface area (Å²) in [5.74, 6) is -1.35. The second-order valence-corrected chi connectivity index (χ2v) is 7.99. The number of hydrogen-bond donors (Lipinski definition) is 1. The van der Waals surface area contributed by atoms with Gasteiger partial charge in [-0.15, -0.1) is 0 Å². The molecular formula is C26H31FN2O5. The van der Waals surface area contributed by atoms with E-state index in [1.165, 1.54) is 43.4 Å². The van der Waals surface area contributed by atoms with Crippen LogP contribution in [0.25, 0.3) is 5.76 Å². The second-order valence-electron chi connectivity index (χ2n) is 7.99. The van der Waals surface area contributed by atoms with Crippen LogP contribution in [0.3, 0.4) is 0 Å². The number of carbonyl (C=O) groups is 2. The molecule has 182 valence electrons. The lowest BCUT2D eigenvalue weighted by molar-refractivity contribution is -0.140. The summed E-state index contributed by atoms with van der Waals surface area (Å²) in [6.45, 7) is 6.97. The molecule has 0 unspecified atom stereocenters. The number of aliphatic hydroxyl groups is 1. The van der Waals surface area contributed by atoms with Crippen molar-refractivity contribution in [2.45, 2.75) is 26.3 Å². The molecule has 7 nitrogen and oxygen atoms in total. The maximum atomic E-state index is 13.5. The van der Waals surface area contributed by atoms with Crippen LogP contribution < -0.4 is 9.47 Å². The van der Waals surface area contributed by atoms with Crippen molar-refractivity contribution in [1.82, 2.24) is 9.80 Å². The first-order chi connectivity index (χ1) is 16.4. The topological polar surface area (TPSA) is 79.3 Å². The Morgan fingerprint density at radius 2 is 1.74 bits per heavy atom. The third kappa shape index (κ3) is 5.07. The number of halogens is 1. The van der Waals surface area contributed by atoms with Crippen LogP contribution in [0.4, 0.5) is 4.39 Å². The maximum Gasteiger partial charge on any atom is 0.295 e. The van der Waals surface area contributed by atoms with Gasteiger partial charge in [0.2, 0.25) is 0 Å². The number of ether oxygens (including phenoxy) is 2. The summed E-state index contributed by atoms with van der Waals surface area (Å²) in [4.78, 5) is 30.0. The van der Waals surface area contributed by atoms with Crippen molar-refractivity contribution in [1.29, 1.82) is 0 Å². The van der Waals surface area contributed by atoms with E-state index in [4.69, 9.17) is 9.47 Å². The predicted octanol–water partition coefficient (Wildman–Crippen LogP) is 4.00. The molecule has 1 heterocycles. The number of methoxy groups -OCH3 is 2. The number of amides is 1. The van der Waals surface area contributed by atoms with E-state index >= 15 is 0 Å². The minimum absolute atomic E-state index is 0.0639. The summed E-state index contributed by atoms with van der Waals surface area (Å²) >= 11 is 0. The van der Waals surface area contributed by atoms with Crippen LogP contribution in [0.1, 0.15) is 37.4 Å². The second kappa shape index (κ2) is 11.2. The quantitative estimate of drug-likeness (QED) is 0.321. The Morgan fingerprint density at radius 1 is 1.06 bits per heavy atom. The molecule has 0 bridgehead atoms. The number of aliphatic hydroxyl groups excluding tert-OH is 1. The van der Waals surface area contributed by atoms with E-state index in [0.29, 0.717) is 30.0 Å². The molecule has 2 aromatic rings. The molecular weight excluding hydrogens is 439 g/mol. The van der Waals surface area contributed by atoms with Gasteiger partial charge < -0.3 is 24.4 Å². The van der Waals surface area contributed by atoms with Crippen molar-refractivity contribution in [3.8, 4) is 11.5 Å². The summed E-state index contributed by atoms with van der Waals surface area (Å²) in [6.07, 6.45) is 0.647. The lowest BCUT2D eigenvalue weighted by Crippen LogP contribution is -2.33. The first-order valence-corrected chi connectivity index (χ1v) is 11.3. The van der Waals surface area contributed by atoms with E-state index in [1.54, 1.807) is 18.2 Å². The largest absolute Gasteiger partial charge is 0.507 e. The Bertz CT molecular complexity index is 1060. The van der Waals surface area contributed by atoms with Gasteiger partial charge in [0.1, 0.15) is 23.1 Å². The van der Waals surface area contributed by atoms with Gasteiger partial charge in [0.25, 0.3) is 11.7 Å². The Balaban J connectivity index is 2.13. The molecule has 34 heavy (non-hydrogen) atoms. The highest BCUT2D eigenvalue weighted by molar-refractivity contribution is 6.46. The van der Waals surface area contributed by atoms with Crippen LogP contribution in [0, 0.1) is 5.82 Å². The Hall–Kier alpha value is -3.39. The van der Waals surface area contributed by atoms with Crippen LogP contribution >= 0.6 is 0 Å². The minimum atomic E-state index is -0.883. The van der Waals surface area contributed by atoms with Gasteiger partial charge >= 0.3 is 0 Å². The third-order valence-corrected chi connectivity index (χ3v) is 6.16. The van der Waals surface area contributed by atoms with Gasteiger partial charge in [0, 0.05) is 17.7 Å². The number of hydrogen-bond acceptors (Lipinski definition) is 6. The number of carbonyl (C=O) groups excluding carboxylic acids is 2. The summed E-state index contributed by atoms with van der Waals surface area (Å²) in [7, 11) is 3.02. The van der Waals surface area contributed by atoms with Gasteiger partial charge in [-0.1, -0.05) is 13.8 Å². The molecule has 8 heteroatoms. The van der Waals surface area contributed by atoms with Gasteiger partial charge in [0.05, 0.1) is 25.8 Å². The van der Waals surface area contributed by atoms with Crippen molar-refractivity contribution in [3.63, 3.8) is 0 Å². The molecule has 0 saturated carbocycles. The molecule has 1 saturated heterocycles. The summed E-state index contributed by atoms with van der Waals surface area (Å²) in [5, 5.41) is 11.1. The van der Waals surface area contributed by atoms with Crippen LogP contribution in [-0.2, 0) is 9.59 Å². The number of benzene rings is 2. The lowest BCUT2D eigenvalue weighted by atomic mass is 9.94. The van der Waals surface area contributed by atoms with Crippen molar-refractivity contribution >= 4 is 17.4 Å². The average molecular weight is 471 g/mol. The summed E-state index contributed by atoms with van der Waals surface area (Å²) in [6, 6.07) is 9.36. The molecule has 0 aromatic heterocycles. The zero-order valence-corrected chi connectivity index (χ0v) is 20.0. The van der Waals surface area contributed by atoms with Crippen molar-refractivity contribution in [2.24, 2.45) is 0 Å². The van der Waals surface area contributed by atoms with Gasteiger partial charge in [-0.25, -0.2) is 4.39 Å². The molecule has 1 aliphatic rings. The van der Waals surface area contributed by atoms with Crippen molar-refractivity contribution in [3.05, 3.63) is 65.0 Å². The number of Topliss-reactive ketones (excluding diaryl/α,β-unsaturated/α-hetero) is 1. The Morgan fingerprint density at radius 3 is 2.32 bits per heavy atom. The Kier molecular flexibility index (Phi) is 8.28. The van der Waals surface area contributed by atoms with Gasteiger partial charge in [-0.3, -0.25) is 9.59 Å². The fraction of sp³-hybridized carbons (Fsp3) is 0.385. The SMILES string of the molecule is CCN(CC)CCCN1C(=O)C(=O)C(=C(O)c2ccc(F)cc2)[C@H]1c1cc(OC)ccc1OC. The molecule has 3 rings (SSSR count). The van der Waals surface area contributed by atoms with E-state index in [1.807, 2.05) is 0 Å². The number of ketones is 1. The lowest BCUT2D eigenvalue weighted by Gasteiger charge is -2.28. The van der Waals surface area contributed by atoms with E-state index < -0.39 is 23.5 Å². The number of likely N-dealkylation sites (tertiary alicyclic amines) is 1. The fourth-order valence-electron chi connectivity index (χ4n) is 4.25. The molecule has 0 aliphatic carbocycles. The van der Waals surface area contributed by atoms with Crippen LogP contribution in [0.15, 0.2) is 48.0 Å². The van der Waals surface area contributed by atoms with Crippen LogP contribution in [-0.4, -0.2) is 67.0 Å². The molecule has 1 fully saturated rings. The molecule has 1 atom stereocenters. The van der Waals surface area contributed by atoms with Crippen LogP contribution in [0.5, 0.6) is 11.5 Å². The first-order valence-electron chi connectivity index (χ1n) is 11.3. The van der Waals surface area contributed by atoms with Gasteiger partial charge in [-0.2, -0.15) is 0 Å². The molecule has 0 spiro atoms. The molecule has 0 radical (unpaired) electrons. The normalized spacial score (nSPS) is 17.5.